The first-order valence-corrected chi connectivity index (χ1v) is 9.54. The lowest BCUT2D eigenvalue weighted by atomic mass is 9.99. The number of piperidine rings is 2. The summed E-state index contributed by atoms with van der Waals surface area (Å²) in [5, 5.41) is 12.9. The lowest BCUT2D eigenvalue weighted by molar-refractivity contribution is 0.0291. The molecule has 138 valence electrons. The van der Waals surface area contributed by atoms with Gasteiger partial charge in [-0.2, -0.15) is 0 Å². The van der Waals surface area contributed by atoms with Gasteiger partial charge in [0.25, 0.3) is 0 Å². The zero-order chi connectivity index (χ0) is 17.8. The predicted octanol–water partition coefficient (Wildman–Crippen LogP) is 2.43. The number of hydrogen-bond acceptors (Lipinski definition) is 3. The first-order chi connectivity index (χ1) is 12.0. The van der Waals surface area contributed by atoms with E-state index in [0.717, 1.165) is 51.9 Å². The summed E-state index contributed by atoms with van der Waals surface area (Å²) < 4.78 is 0. The zero-order valence-corrected chi connectivity index (χ0v) is 15.5. The van der Waals surface area contributed by atoms with Crippen molar-refractivity contribution in [2.45, 2.75) is 58.2 Å². The van der Waals surface area contributed by atoms with Crippen molar-refractivity contribution >= 4 is 6.03 Å². The number of β-amino-alcohol motifs (C(OH)–C–C–N with tert-alkyl or cyclic N) is 1. The Kier molecular flexibility index (Phi) is 5.97. The second kappa shape index (κ2) is 8.19. The average Bonchev–Trinajstić information content (AvgIpc) is 2.63. The van der Waals surface area contributed by atoms with Gasteiger partial charge in [0.2, 0.25) is 0 Å². The Labute approximate surface area is 151 Å². The van der Waals surface area contributed by atoms with Gasteiger partial charge in [0.05, 0.1) is 6.10 Å². The molecule has 0 radical (unpaired) electrons. The molecular formula is C20H31N3O2. The smallest absolute Gasteiger partial charge is 0.317 e. The van der Waals surface area contributed by atoms with Gasteiger partial charge in [0, 0.05) is 32.2 Å². The molecule has 5 heteroatoms. The quantitative estimate of drug-likeness (QED) is 0.885. The van der Waals surface area contributed by atoms with E-state index in [1.165, 1.54) is 16.7 Å². The number of carbonyl (C=O) groups excluding carboxylic acids is 1. The third kappa shape index (κ3) is 4.53. The lowest BCUT2D eigenvalue weighted by Gasteiger charge is -2.41. The van der Waals surface area contributed by atoms with E-state index in [2.05, 4.69) is 36.2 Å². The molecule has 2 aliphatic rings. The third-order valence-electron chi connectivity index (χ3n) is 5.84. The minimum absolute atomic E-state index is 0.0398. The van der Waals surface area contributed by atoms with Gasteiger partial charge in [-0.1, -0.05) is 18.2 Å². The molecule has 0 saturated carbocycles. The Bertz CT molecular complexity index is 597. The topological polar surface area (TPSA) is 55.8 Å². The largest absolute Gasteiger partial charge is 0.392 e. The monoisotopic (exact) mass is 345 g/mol. The fourth-order valence-electron chi connectivity index (χ4n) is 4.04. The first kappa shape index (κ1) is 18.2. The summed E-state index contributed by atoms with van der Waals surface area (Å²) in [6, 6.07) is 6.78. The summed E-state index contributed by atoms with van der Waals surface area (Å²) in [6.45, 7) is 8.28. The van der Waals surface area contributed by atoms with E-state index < -0.39 is 0 Å². The van der Waals surface area contributed by atoms with Crippen LogP contribution in [0.2, 0.25) is 0 Å². The molecular weight excluding hydrogens is 314 g/mol. The van der Waals surface area contributed by atoms with Gasteiger partial charge in [-0.05, 0) is 62.8 Å². The van der Waals surface area contributed by atoms with E-state index in [9.17, 15) is 9.90 Å². The molecule has 25 heavy (non-hydrogen) atoms. The molecule has 2 aliphatic heterocycles. The zero-order valence-electron chi connectivity index (χ0n) is 15.5. The van der Waals surface area contributed by atoms with Gasteiger partial charge in [-0.25, -0.2) is 4.79 Å². The van der Waals surface area contributed by atoms with Crippen LogP contribution < -0.4 is 5.32 Å². The van der Waals surface area contributed by atoms with Crippen LogP contribution in [0.1, 0.15) is 42.4 Å². The molecule has 2 fully saturated rings. The molecule has 2 N–H and O–H groups in total. The average molecular weight is 345 g/mol. The summed E-state index contributed by atoms with van der Waals surface area (Å²) in [6.07, 6.45) is 3.84. The second-order valence-electron chi connectivity index (χ2n) is 7.53. The minimum atomic E-state index is -0.173. The standard InChI is InChI=1S/C20H31N3O2/c1-15-5-3-6-17(16(15)2)13-21-20(25)22-11-8-18(9-12-22)23-10-4-7-19(24)14-23/h3,5-6,18-19,24H,4,7-14H2,1-2H3,(H,21,25). The number of aliphatic hydroxyl groups is 1. The molecule has 1 unspecified atom stereocenters. The molecule has 2 amide bonds. The van der Waals surface area contributed by atoms with E-state index in [1.54, 1.807) is 0 Å². The number of nitrogens with zero attached hydrogens (tertiary/aromatic N) is 2. The molecule has 0 bridgehead atoms. The highest BCUT2D eigenvalue weighted by atomic mass is 16.3. The number of likely N-dealkylation sites (tertiary alicyclic amines) is 2. The number of carbonyl (C=O) groups is 1. The SMILES string of the molecule is Cc1cccc(CNC(=O)N2CCC(N3CCCC(O)C3)CC2)c1C. The number of hydrogen-bond donors (Lipinski definition) is 2. The van der Waals surface area contributed by atoms with Gasteiger partial charge in [-0.3, -0.25) is 4.90 Å². The molecule has 0 spiro atoms. The molecule has 0 aliphatic carbocycles. The number of nitrogens with one attached hydrogen (secondary N) is 1. The van der Waals surface area contributed by atoms with Crippen LogP contribution in [-0.2, 0) is 6.54 Å². The van der Waals surface area contributed by atoms with Crippen molar-refractivity contribution in [3.63, 3.8) is 0 Å². The van der Waals surface area contributed by atoms with Crippen LogP contribution in [0.5, 0.6) is 0 Å². The van der Waals surface area contributed by atoms with Crippen LogP contribution in [0.15, 0.2) is 18.2 Å². The van der Waals surface area contributed by atoms with Gasteiger partial charge in [0.1, 0.15) is 0 Å². The predicted molar refractivity (Wildman–Crippen MR) is 99.6 cm³/mol. The summed E-state index contributed by atoms with van der Waals surface area (Å²) in [4.78, 5) is 16.8. The fraction of sp³-hybridized carbons (Fsp3) is 0.650. The van der Waals surface area contributed by atoms with Crippen molar-refractivity contribution in [3.05, 3.63) is 34.9 Å². The summed E-state index contributed by atoms with van der Waals surface area (Å²) in [5.74, 6) is 0. The van der Waals surface area contributed by atoms with E-state index in [-0.39, 0.29) is 12.1 Å². The molecule has 5 nitrogen and oxygen atoms in total. The van der Waals surface area contributed by atoms with Crippen molar-refractivity contribution in [2.24, 2.45) is 0 Å². The summed E-state index contributed by atoms with van der Waals surface area (Å²) >= 11 is 0. The summed E-state index contributed by atoms with van der Waals surface area (Å²) in [5.41, 5.74) is 3.70. The Hall–Kier alpha value is -1.59. The number of aryl methyl sites for hydroxylation is 1. The maximum atomic E-state index is 12.5. The van der Waals surface area contributed by atoms with Crippen LogP contribution in [0.3, 0.4) is 0 Å². The van der Waals surface area contributed by atoms with E-state index in [1.807, 2.05) is 11.0 Å². The normalized spacial score (nSPS) is 22.8. The van der Waals surface area contributed by atoms with E-state index in [4.69, 9.17) is 0 Å². The highest BCUT2D eigenvalue weighted by molar-refractivity contribution is 5.74. The summed E-state index contributed by atoms with van der Waals surface area (Å²) in [7, 11) is 0. The van der Waals surface area contributed by atoms with Crippen molar-refractivity contribution < 1.29 is 9.90 Å². The molecule has 2 heterocycles. The Balaban J connectivity index is 1.46. The van der Waals surface area contributed by atoms with Crippen LogP contribution in [-0.4, -0.2) is 59.3 Å². The molecule has 2 saturated heterocycles. The highest BCUT2D eigenvalue weighted by Crippen LogP contribution is 2.21. The molecule has 1 aromatic rings. The van der Waals surface area contributed by atoms with Crippen molar-refractivity contribution in [2.75, 3.05) is 26.2 Å². The van der Waals surface area contributed by atoms with Gasteiger partial charge in [0.15, 0.2) is 0 Å². The van der Waals surface area contributed by atoms with Crippen LogP contribution in [0.25, 0.3) is 0 Å². The first-order valence-electron chi connectivity index (χ1n) is 9.54. The van der Waals surface area contributed by atoms with E-state index in [0.29, 0.717) is 12.6 Å². The molecule has 3 rings (SSSR count). The number of urea groups is 1. The lowest BCUT2D eigenvalue weighted by Crippen LogP contribution is -2.52. The molecule has 1 atom stereocenters. The molecule has 0 aromatic heterocycles. The Morgan fingerprint density at radius 3 is 2.68 bits per heavy atom. The van der Waals surface area contributed by atoms with Crippen molar-refractivity contribution in [3.8, 4) is 0 Å². The van der Waals surface area contributed by atoms with Crippen molar-refractivity contribution in [1.29, 1.82) is 0 Å². The number of rotatable bonds is 3. The van der Waals surface area contributed by atoms with Crippen LogP contribution in [0, 0.1) is 13.8 Å². The van der Waals surface area contributed by atoms with Crippen LogP contribution in [0.4, 0.5) is 4.79 Å². The minimum Gasteiger partial charge on any atom is -0.392 e. The maximum absolute atomic E-state index is 12.5. The van der Waals surface area contributed by atoms with Gasteiger partial charge < -0.3 is 15.3 Å². The number of aliphatic hydroxyl groups excluding tert-OH is 1. The van der Waals surface area contributed by atoms with E-state index >= 15 is 0 Å². The maximum Gasteiger partial charge on any atom is 0.317 e. The van der Waals surface area contributed by atoms with Crippen molar-refractivity contribution in [1.82, 2.24) is 15.1 Å². The number of benzene rings is 1. The fourth-order valence-corrected chi connectivity index (χ4v) is 4.04. The second-order valence-corrected chi connectivity index (χ2v) is 7.53. The Morgan fingerprint density at radius 1 is 1.20 bits per heavy atom. The van der Waals surface area contributed by atoms with Gasteiger partial charge in [-0.15, -0.1) is 0 Å². The Morgan fingerprint density at radius 2 is 1.96 bits per heavy atom. The highest BCUT2D eigenvalue weighted by Gasteiger charge is 2.29. The number of amides is 2. The van der Waals surface area contributed by atoms with Gasteiger partial charge >= 0.3 is 6.03 Å². The third-order valence-corrected chi connectivity index (χ3v) is 5.84. The van der Waals surface area contributed by atoms with Crippen LogP contribution >= 0.6 is 0 Å². The molecule has 1 aromatic carbocycles.